The minimum Gasteiger partial charge on any atom is -0.497 e. The van der Waals surface area contributed by atoms with Crippen molar-refractivity contribution in [2.24, 2.45) is 5.41 Å². The maximum Gasteiger partial charge on any atom is 0.330 e. The molecule has 0 saturated carbocycles. The molecule has 0 spiro atoms. The van der Waals surface area contributed by atoms with Crippen LogP contribution < -0.4 is 20.7 Å². The number of nitrogens with zero attached hydrogens (tertiary/aromatic N) is 2. The Balaban J connectivity index is 1.29. The molecule has 0 amide bonds. The van der Waals surface area contributed by atoms with Crippen LogP contribution in [0.25, 0.3) is 0 Å². The molecule has 6 rings (SSSR count). The van der Waals surface area contributed by atoms with E-state index < -0.39 is 55.4 Å². The molecule has 1 N–H and O–H groups in total. The first-order valence-corrected chi connectivity index (χ1v) is 24.9. The van der Waals surface area contributed by atoms with E-state index in [0.717, 1.165) is 44.6 Å². The molecular formula is C52H63FN3O10PS. The van der Waals surface area contributed by atoms with Gasteiger partial charge in [-0.1, -0.05) is 111 Å². The van der Waals surface area contributed by atoms with Gasteiger partial charge in [-0.25, -0.2) is 13.9 Å². The molecule has 1 aliphatic rings. The molecule has 0 radical (unpaired) electrons. The number of ketones is 1. The lowest BCUT2D eigenvalue weighted by Gasteiger charge is -2.39. The molecule has 4 aromatic carbocycles. The van der Waals surface area contributed by atoms with Crippen LogP contribution in [0.5, 0.6) is 11.5 Å². The lowest BCUT2D eigenvalue weighted by atomic mass is 9.80. The predicted molar refractivity (Wildman–Crippen MR) is 264 cm³/mol. The third kappa shape index (κ3) is 12.8. The summed E-state index contributed by atoms with van der Waals surface area (Å²) in [6.45, 7) is 11.5. The smallest absolute Gasteiger partial charge is 0.330 e. The monoisotopic (exact) mass is 971 g/mol. The number of aromatic amines is 1. The molecular weight excluding hydrogens is 909 g/mol. The Labute approximate surface area is 403 Å². The van der Waals surface area contributed by atoms with E-state index >= 15 is 4.39 Å². The van der Waals surface area contributed by atoms with Gasteiger partial charge in [-0.2, -0.15) is 0 Å². The highest BCUT2D eigenvalue weighted by Crippen LogP contribution is 2.51. The van der Waals surface area contributed by atoms with Crippen molar-refractivity contribution in [2.75, 3.05) is 33.2 Å². The lowest BCUT2D eigenvalue weighted by molar-refractivity contribution is -0.121. The highest BCUT2D eigenvalue weighted by Gasteiger charge is 2.51. The Kier molecular flexibility index (Phi) is 18.5. The summed E-state index contributed by atoms with van der Waals surface area (Å²) in [7, 11) is 1.15. The van der Waals surface area contributed by atoms with E-state index in [1.165, 1.54) is 6.20 Å². The van der Waals surface area contributed by atoms with Crippen molar-refractivity contribution in [3.05, 3.63) is 165 Å². The minimum absolute atomic E-state index is 0.0707. The van der Waals surface area contributed by atoms with Crippen LogP contribution >= 0.6 is 20.3 Å². The summed E-state index contributed by atoms with van der Waals surface area (Å²) in [5, 5.41) is -0.0709. The SMILES string of the molecule is COc1ccc(C(OCC2OC(n3ccc(=O)[nH]c3=O)C(F)C2OP(OCCSC(=O)C(C)(C)CCC(=O)Cc2ccccc2)N(C(C)C)C(C)C)(c2ccccc2)c2ccc(OC)cc2)cc1. The fraction of sp³-hybridized carbons (Fsp3) is 0.423. The van der Waals surface area contributed by atoms with Gasteiger partial charge in [-0.05, 0) is 80.6 Å². The normalized spacial score (nSPS) is 18.0. The number of ether oxygens (including phenoxy) is 4. The highest BCUT2D eigenvalue weighted by molar-refractivity contribution is 8.13. The van der Waals surface area contributed by atoms with E-state index in [1.807, 2.05) is 155 Å². The summed E-state index contributed by atoms with van der Waals surface area (Å²) in [5.74, 6) is 1.62. The van der Waals surface area contributed by atoms with Crippen molar-refractivity contribution in [1.29, 1.82) is 0 Å². The van der Waals surface area contributed by atoms with Crippen molar-refractivity contribution < 1.29 is 42.0 Å². The number of Topliss-reactive ketones (excluding diaryl/α,β-unsaturated/α-hetero) is 1. The van der Waals surface area contributed by atoms with Crippen LogP contribution in [0.2, 0.25) is 0 Å². The zero-order valence-corrected chi connectivity index (χ0v) is 41.7. The number of hydrogen-bond donors (Lipinski definition) is 1. The van der Waals surface area contributed by atoms with E-state index in [2.05, 4.69) is 4.98 Å². The zero-order valence-electron chi connectivity index (χ0n) is 40.0. The Hall–Kier alpha value is -4.99. The summed E-state index contributed by atoms with van der Waals surface area (Å²) in [6, 6.07) is 35.0. The summed E-state index contributed by atoms with van der Waals surface area (Å²) < 4.78 is 58.5. The lowest BCUT2D eigenvalue weighted by Crippen LogP contribution is -2.41. The Morgan fingerprint density at radius 1 is 0.824 bits per heavy atom. The molecule has 16 heteroatoms. The van der Waals surface area contributed by atoms with Gasteiger partial charge in [0.25, 0.3) is 14.1 Å². The number of hydrogen-bond acceptors (Lipinski definition) is 12. The van der Waals surface area contributed by atoms with Crippen molar-refractivity contribution in [1.82, 2.24) is 14.2 Å². The number of nitrogens with one attached hydrogen (secondary N) is 1. The van der Waals surface area contributed by atoms with Crippen LogP contribution in [-0.2, 0) is 40.1 Å². The summed E-state index contributed by atoms with van der Waals surface area (Å²) in [6.07, 6.45) is -3.75. The number of H-pyrrole nitrogens is 1. The standard InChI is InChI=1S/C52H63FN3O10PS/c1-35(2)56(36(3)4)67(64-31-32-68-49(59)51(5,6)29-27-41(57)33-37-15-11-9-12-16-37)66-47-44(65-48(46(47)53)55-30-28-45(58)54-50(55)60)34-63-52(38-17-13-10-14-18-38,39-19-23-42(61-7)24-20-39)40-21-25-43(62-8)26-22-40/h9-26,28,30,35-36,44,46-48H,27,29,31-34H2,1-8H3,(H,54,58,60). The van der Waals surface area contributed by atoms with E-state index in [1.54, 1.807) is 14.2 Å². The first-order valence-electron chi connectivity index (χ1n) is 22.8. The molecule has 364 valence electrons. The molecule has 2 heterocycles. The number of aromatic nitrogens is 2. The van der Waals surface area contributed by atoms with Crippen molar-refractivity contribution >= 4 is 31.2 Å². The van der Waals surface area contributed by atoms with Gasteiger partial charge < -0.3 is 28.0 Å². The number of methoxy groups -OCH3 is 2. The van der Waals surface area contributed by atoms with E-state index in [0.29, 0.717) is 24.3 Å². The van der Waals surface area contributed by atoms with Crippen LogP contribution in [0.15, 0.2) is 131 Å². The average Bonchev–Trinajstić information content (AvgIpc) is 3.63. The van der Waals surface area contributed by atoms with Crippen LogP contribution in [-0.4, -0.2) is 88.8 Å². The Bertz CT molecular complexity index is 2450. The highest BCUT2D eigenvalue weighted by atomic mass is 32.2. The predicted octanol–water partition coefficient (Wildman–Crippen LogP) is 9.42. The Morgan fingerprint density at radius 3 is 1.93 bits per heavy atom. The first kappa shape index (κ1) is 52.4. The third-order valence-electron chi connectivity index (χ3n) is 11.8. The van der Waals surface area contributed by atoms with Gasteiger partial charge in [0.05, 0.1) is 27.4 Å². The summed E-state index contributed by atoms with van der Waals surface area (Å²) in [4.78, 5) is 53.9. The zero-order chi connectivity index (χ0) is 49.0. The van der Waals surface area contributed by atoms with Crippen LogP contribution in [0.4, 0.5) is 4.39 Å². The number of benzene rings is 4. The first-order chi connectivity index (χ1) is 32.6. The minimum atomic E-state index is -2.03. The molecule has 5 atom stereocenters. The second kappa shape index (κ2) is 24.0. The van der Waals surface area contributed by atoms with Gasteiger partial charge in [0.2, 0.25) is 0 Å². The topological polar surface area (TPSA) is 148 Å². The maximum absolute atomic E-state index is 17.4. The van der Waals surface area contributed by atoms with Gasteiger partial charge in [0, 0.05) is 48.4 Å². The van der Waals surface area contributed by atoms with Crippen LogP contribution in [0.3, 0.4) is 0 Å². The number of thioether (sulfide) groups is 1. The number of rotatable bonds is 24. The van der Waals surface area contributed by atoms with Gasteiger partial charge >= 0.3 is 5.69 Å². The molecule has 68 heavy (non-hydrogen) atoms. The van der Waals surface area contributed by atoms with E-state index in [9.17, 15) is 19.2 Å². The second-order valence-corrected chi connectivity index (χ2v) is 20.2. The summed E-state index contributed by atoms with van der Waals surface area (Å²) in [5.41, 5.74) is -0.386. The summed E-state index contributed by atoms with van der Waals surface area (Å²) >= 11 is 1.12. The van der Waals surface area contributed by atoms with Gasteiger partial charge in [-0.15, -0.1) is 0 Å². The second-order valence-electron chi connectivity index (χ2n) is 17.8. The molecule has 1 aliphatic heterocycles. The van der Waals surface area contributed by atoms with Gasteiger partial charge in [0.1, 0.15) is 35.1 Å². The maximum atomic E-state index is 17.4. The molecule has 1 aromatic heterocycles. The van der Waals surface area contributed by atoms with Gasteiger partial charge in [-0.3, -0.25) is 23.9 Å². The number of carbonyl (C=O) groups excluding carboxylic acids is 2. The largest absolute Gasteiger partial charge is 0.497 e. The number of halogens is 1. The fourth-order valence-electron chi connectivity index (χ4n) is 8.23. The van der Waals surface area contributed by atoms with Crippen LogP contribution in [0.1, 0.15) is 82.9 Å². The number of alkyl halides is 1. The molecule has 13 nitrogen and oxygen atoms in total. The molecule has 5 aromatic rings. The van der Waals surface area contributed by atoms with Gasteiger partial charge in [0.15, 0.2) is 17.5 Å². The van der Waals surface area contributed by atoms with Crippen molar-refractivity contribution in [2.45, 2.75) is 103 Å². The molecule has 0 bridgehead atoms. The molecule has 1 saturated heterocycles. The Morgan fingerprint density at radius 2 is 1.38 bits per heavy atom. The molecule has 0 aliphatic carbocycles. The number of carbonyl (C=O) groups is 2. The van der Waals surface area contributed by atoms with Crippen molar-refractivity contribution in [3.8, 4) is 11.5 Å². The average molecular weight is 972 g/mol. The third-order valence-corrected chi connectivity index (χ3v) is 15.1. The van der Waals surface area contributed by atoms with Crippen LogP contribution in [0, 0.1) is 5.41 Å². The van der Waals surface area contributed by atoms with E-state index in [4.69, 9.17) is 28.0 Å². The van der Waals surface area contributed by atoms with Crippen molar-refractivity contribution in [3.63, 3.8) is 0 Å². The molecule has 1 fully saturated rings. The molecule has 5 unspecified atom stereocenters. The van der Waals surface area contributed by atoms with E-state index in [-0.39, 0.29) is 48.4 Å². The quantitative estimate of drug-likeness (QED) is 0.0357. The fourth-order valence-corrected chi connectivity index (χ4v) is 11.0.